The lowest BCUT2D eigenvalue weighted by Gasteiger charge is -2.11. The van der Waals surface area contributed by atoms with Crippen LogP contribution in [0.3, 0.4) is 0 Å². The second-order valence-electron chi connectivity index (χ2n) is 3.99. The number of nitrogens with zero attached hydrogens (tertiary/aromatic N) is 1. The molecule has 0 amide bonds. The number of aromatic nitrogens is 1. The third-order valence-corrected chi connectivity index (χ3v) is 4.43. The van der Waals surface area contributed by atoms with Crippen molar-refractivity contribution in [3.63, 3.8) is 0 Å². The maximum Gasteiger partial charge on any atom is 0.265 e. The summed E-state index contributed by atoms with van der Waals surface area (Å²) in [5.74, 6) is 0.587. The van der Waals surface area contributed by atoms with E-state index >= 15 is 0 Å². The van der Waals surface area contributed by atoms with Gasteiger partial charge in [0.1, 0.15) is 17.3 Å². The highest BCUT2D eigenvalue weighted by Gasteiger charge is 2.18. The van der Waals surface area contributed by atoms with Crippen LogP contribution in [0, 0.1) is 0 Å². The fourth-order valence-electron chi connectivity index (χ4n) is 1.66. The summed E-state index contributed by atoms with van der Waals surface area (Å²) in [4.78, 5) is 3.94. The van der Waals surface area contributed by atoms with Gasteiger partial charge in [0.05, 0.1) is 12.7 Å². The van der Waals surface area contributed by atoms with Gasteiger partial charge in [0, 0.05) is 21.4 Å². The fourth-order valence-corrected chi connectivity index (χ4v) is 3.17. The SMILES string of the molecule is COc1ncccc1COc1ccc(Br)cc1S(=O)(=O)Cl. The summed E-state index contributed by atoms with van der Waals surface area (Å²) < 4.78 is 34.4. The zero-order valence-corrected chi connectivity index (χ0v) is 14.1. The Kier molecular flexibility index (Phi) is 5.08. The quantitative estimate of drug-likeness (QED) is 0.730. The van der Waals surface area contributed by atoms with Crippen LogP contribution in [0.25, 0.3) is 0 Å². The van der Waals surface area contributed by atoms with Crippen molar-refractivity contribution in [3.8, 4) is 11.6 Å². The van der Waals surface area contributed by atoms with E-state index in [1.807, 2.05) is 0 Å². The highest BCUT2D eigenvalue weighted by atomic mass is 79.9. The molecule has 0 atom stereocenters. The maximum atomic E-state index is 11.6. The normalized spacial score (nSPS) is 11.2. The topological polar surface area (TPSA) is 65.5 Å². The number of halogens is 2. The van der Waals surface area contributed by atoms with Crippen molar-refractivity contribution in [1.82, 2.24) is 4.98 Å². The van der Waals surface area contributed by atoms with Gasteiger partial charge >= 0.3 is 0 Å². The van der Waals surface area contributed by atoms with Crippen LogP contribution in [0.1, 0.15) is 5.56 Å². The minimum absolute atomic E-state index is 0.0959. The summed E-state index contributed by atoms with van der Waals surface area (Å²) in [5.41, 5.74) is 0.695. The molecule has 0 aliphatic heterocycles. The zero-order valence-electron chi connectivity index (χ0n) is 10.9. The number of benzene rings is 1. The molecule has 0 unspecified atom stereocenters. The Balaban J connectivity index is 2.29. The van der Waals surface area contributed by atoms with Crippen LogP contribution in [0.2, 0.25) is 0 Å². The predicted molar refractivity (Wildman–Crippen MR) is 82.3 cm³/mol. The van der Waals surface area contributed by atoms with Gasteiger partial charge in [0.25, 0.3) is 9.05 Å². The van der Waals surface area contributed by atoms with Gasteiger partial charge in [0.15, 0.2) is 0 Å². The molecule has 0 saturated carbocycles. The van der Waals surface area contributed by atoms with Gasteiger partial charge in [-0.1, -0.05) is 15.9 Å². The Bertz CT molecular complexity index is 752. The van der Waals surface area contributed by atoms with Gasteiger partial charge in [-0.2, -0.15) is 0 Å². The van der Waals surface area contributed by atoms with Gasteiger partial charge in [-0.05, 0) is 30.3 Å². The summed E-state index contributed by atoms with van der Waals surface area (Å²) in [6, 6.07) is 8.10. The molecule has 8 heteroatoms. The van der Waals surface area contributed by atoms with Crippen LogP contribution >= 0.6 is 26.6 Å². The lowest BCUT2D eigenvalue weighted by molar-refractivity contribution is 0.287. The minimum Gasteiger partial charge on any atom is -0.487 e. The van der Waals surface area contributed by atoms with E-state index < -0.39 is 9.05 Å². The lowest BCUT2D eigenvalue weighted by atomic mass is 10.3. The third kappa shape index (κ3) is 4.09. The van der Waals surface area contributed by atoms with Crippen molar-refractivity contribution < 1.29 is 17.9 Å². The first-order valence-corrected chi connectivity index (χ1v) is 8.87. The van der Waals surface area contributed by atoms with Crippen molar-refractivity contribution in [2.24, 2.45) is 0 Å². The first-order valence-electron chi connectivity index (χ1n) is 5.76. The van der Waals surface area contributed by atoms with Gasteiger partial charge in [0.2, 0.25) is 5.88 Å². The average molecular weight is 393 g/mol. The zero-order chi connectivity index (χ0) is 15.5. The van der Waals surface area contributed by atoms with E-state index in [1.165, 1.54) is 19.2 Å². The molecule has 1 heterocycles. The summed E-state index contributed by atoms with van der Waals surface area (Å²) in [7, 11) is 3.00. The monoisotopic (exact) mass is 391 g/mol. The highest BCUT2D eigenvalue weighted by Crippen LogP contribution is 2.31. The summed E-state index contributed by atoms with van der Waals surface area (Å²) >= 11 is 3.20. The van der Waals surface area contributed by atoms with Gasteiger partial charge in [-0.3, -0.25) is 0 Å². The number of ether oxygens (including phenoxy) is 2. The lowest BCUT2D eigenvalue weighted by Crippen LogP contribution is -2.03. The van der Waals surface area contributed by atoms with Gasteiger partial charge in [-0.25, -0.2) is 13.4 Å². The molecule has 0 aliphatic carbocycles. The number of pyridine rings is 1. The van der Waals surface area contributed by atoms with Crippen molar-refractivity contribution >= 4 is 35.7 Å². The number of hydrogen-bond donors (Lipinski definition) is 0. The van der Waals surface area contributed by atoms with Crippen molar-refractivity contribution in [3.05, 3.63) is 46.6 Å². The van der Waals surface area contributed by atoms with Crippen molar-refractivity contribution in [2.45, 2.75) is 11.5 Å². The smallest absolute Gasteiger partial charge is 0.265 e. The fraction of sp³-hybridized carbons (Fsp3) is 0.154. The molecule has 21 heavy (non-hydrogen) atoms. The molecular formula is C13H11BrClNO4S. The Labute approximate surface area is 135 Å². The van der Waals surface area contributed by atoms with Gasteiger partial charge < -0.3 is 9.47 Å². The van der Waals surface area contributed by atoms with E-state index in [1.54, 1.807) is 24.4 Å². The van der Waals surface area contributed by atoms with Crippen LogP contribution in [0.4, 0.5) is 0 Å². The Morgan fingerprint density at radius 2 is 2.10 bits per heavy atom. The maximum absolute atomic E-state index is 11.6. The number of rotatable bonds is 5. The molecule has 2 rings (SSSR count). The first kappa shape index (κ1) is 16.1. The molecule has 112 valence electrons. The molecular weight excluding hydrogens is 382 g/mol. The van der Waals surface area contributed by atoms with E-state index in [0.717, 1.165) is 0 Å². The first-order chi connectivity index (χ1) is 9.91. The molecule has 0 N–H and O–H groups in total. The molecule has 0 spiro atoms. The van der Waals surface area contributed by atoms with Crippen molar-refractivity contribution in [2.75, 3.05) is 7.11 Å². The molecule has 0 saturated heterocycles. The van der Waals surface area contributed by atoms with E-state index in [9.17, 15) is 8.42 Å². The summed E-state index contributed by atoms with van der Waals surface area (Å²) in [5, 5.41) is 0. The van der Waals surface area contributed by atoms with Gasteiger partial charge in [-0.15, -0.1) is 0 Å². The molecule has 1 aromatic heterocycles. The number of methoxy groups -OCH3 is 1. The molecule has 1 aromatic carbocycles. The minimum atomic E-state index is -3.91. The third-order valence-electron chi connectivity index (χ3n) is 2.59. The Morgan fingerprint density at radius 1 is 1.33 bits per heavy atom. The van der Waals surface area contributed by atoms with Crippen molar-refractivity contribution in [1.29, 1.82) is 0 Å². The summed E-state index contributed by atoms with van der Waals surface area (Å²) in [6.45, 7) is 0.109. The van der Waals surface area contributed by atoms with E-state index in [4.69, 9.17) is 20.2 Å². The van der Waals surface area contributed by atoms with E-state index in [2.05, 4.69) is 20.9 Å². The predicted octanol–water partition coefficient (Wildman–Crippen LogP) is 3.36. The second kappa shape index (κ2) is 6.64. The summed E-state index contributed by atoms with van der Waals surface area (Å²) in [6.07, 6.45) is 1.59. The van der Waals surface area contributed by atoms with Crippen LogP contribution in [-0.4, -0.2) is 20.5 Å². The van der Waals surface area contributed by atoms with E-state index in [-0.39, 0.29) is 17.3 Å². The van der Waals surface area contributed by atoms with Crippen LogP contribution in [0.15, 0.2) is 45.9 Å². The average Bonchev–Trinajstić information content (AvgIpc) is 2.45. The Hall–Kier alpha value is -1.31. The Morgan fingerprint density at radius 3 is 2.76 bits per heavy atom. The molecule has 0 bridgehead atoms. The highest BCUT2D eigenvalue weighted by molar-refractivity contribution is 9.10. The van der Waals surface area contributed by atoms with Crippen LogP contribution in [-0.2, 0) is 15.7 Å². The molecule has 0 aliphatic rings. The molecule has 2 aromatic rings. The van der Waals surface area contributed by atoms with E-state index in [0.29, 0.717) is 15.9 Å². The largest absolute Gasteiger partial charge is 0.487 e. The molecule has 0 radical (unpaired) electrons. The molecule has 5 nitrogen and oxygen atoms in total. The molecule has 0 fully saturated rings. The standard InChI is InChI=1S/C13H11BrClNO4S/c1-19-13-9(3-2-6-16-13)8-20-11-5-4-10(14)7-12(11)21(15,17)18/h2-7H,8H2,1H3. The second-order valence-corrected chi connectivity index (χ2v) is 7.44. The number of hydrogen-bond acceptors (Lipinski definition) is 5. The van der Waals surface area contributed by atoms with Crippen LogP contribution < -0.4 is 9.47 Å². The van der Waals surface area contributed by atoms with Crippen LogP contribution in [0.5, 0.6) is 11.6 Å².